The first-order valence-electron chi connectivity index (χ1n) is 11.5. The average Bonchev–Trinajstić information content (AvgIpc) is 3.45. The van der Waals surface area contributed by atoms with Gasteiger partial charge in [0.1, 0.15) is 11.9 Å². The zero-order valence-electron chi connectivity index (χ0n) is 19.0. The number of nitriles is 1. The van der Waals surface area contributed by atoms with Gasteiger partial charge in [0.15, 0.2) is 9.84 Å². The van der Waals surface area contributed by atoms with Crippen molar-refractivity contribution in [1.82, 2.24) is 14.4 Å². The predicted octanol–water partition coefficient (Wildman–Crippen LogP) is 0.899. The minimum Gasteiger partial charge on any atom is -0.376 e. The van der Waals surface area contributed by atoms with E-state index in [0.717, 1.165) is 56.9 Å². The van der Waals surface area contributed by atoms with Crippen LogP contribution in [0.2, 0.25) is 0 Å². The molecule has 1 aromatic heterocycles. The maximum absolute atomic E-state index is 12.9. The summed E-state index contributed by atoms with van der Waals surface area (Å²) in [6.45, 7) is 8.53. The molecule has 0 aliphatic carbocycles. The molecule has 0 aromatic carbocycles. The van der Waals surface area contributed by atoms with Crippen molar-refractivity contribution in [3.8, 4) is 6.07 Å². The Bertz CT molecular complexity index is 998. The largest absolute Gasteiger partial charge is 0.376 e. The van der Waals surface area contributed by atoms with E-state index in [4.69, 9.17) is 4.74 Å². The molecule has 4 heterocycles. The van der Waals surface area contributed by atoms with Gasteiger partial charge in [0.05, 0.1) is 36.3 Å². The van der Waals surface area contributed by atoms with Gasteiger partial charge in [-0.05, 0) is 38.7 Å². The number of ether oxygens (including phenoxy) is 1. The number of anilines is 1. The summed E-state index contributed by atoms with van der Waals surface area (Å²) in [7, 11) is -2.89. The number of rotatable bonds is 6. The number of nitrogens with one attached hydrogen (secondary N) is 1. The Morgan fingerprint density at radius 2 is 1.97 bits per heavy atom. The standard InChI is InChI=1S/C22H33N5O4S/c1-16-17(2)27(13-19-4-3-10-31-19)22(20(16)12-23)24-21(28)14-25-6-8-26(9-7-25)18-5-11-32(29,30)15-18/h18-19H,3-11,13-15H2,1-2H3,(H,24,28). The van der Waals surface area contributed by atoms with E-state index in [1.54, 1.807) is 0 Å². The van der Waals surface area contributed by atoms with Gasteiger partial charge < -0.3 is 14.6 Å². The lowest BCUT2D eigenvalue weighted by atomic mass is 10.2. The smallest absolute Gasteiger partial charge is 0.239 e. The lowest BCUT2D eigenvalue weighted by Crippen LogP contribution is -2.52. The van der Waals surface area contributed by atoms with Crippen molar-refractivity contribution in [1.29, 1.82) is 5.26 Å². The molecule has 9 nitrogen and oxygen atoms in total. The molecule has 2 unspecified atom stereocenters. The van der Waals surface area contributed by atoms with Crippen LogP contribution in [0.1, 0.15) is 36.1 Å². The number of nitrogens with zero attached hydrogens (tertiary/aromatic N) is 4. The number of hydrogen-bond acceptors (Lipinski definition) is 7. The number of sulfone groups is 1. The highest BCUT2D eigenvalue weighted by atomic mass is 32.2. The topological polar surface area (TPSA) is 108 Å². The fourth-order valence-electron chi connectivity index (χ4n) is 5.08. The van der Waals surface area contributed by atoms with Crippen molar-refractivity contribution in [3.63, 3.8) is 0 Å². The summed E-state index contributed by atoms with van der Waals surface area (Å²) in [5.41, 5.74) is 2.38. The SMILES string of the molecule is Cc1c(C#N)c(NC(=O)CN2CCN(C3CCS(=O)(=O)C3)CC2)n(CC2CCCO2)c1C. The summed E-state index contributed by atoms with van der Waals surface area (Å²) in [4.78, 5) is 17.2. The second kappa shape index (κ2) is 9.51. The Hall–Kier alpha value is -1.93. The lowest BCUT2D eigenvalue weighted by molar-refractivity contribution is -0.117. The Morgan fingerprint density at radius 1 is 1.22 bits per heavy atom. The van der Waals surface area contributed by atoms with E-state index < -0.39 is 9.84 Å². The van der Waals surface area contributed by atoms with Gasteiger partial charge >= 0.3 is 0 Å². The molecule has 32 heavy (non-hydrogen) atoms. The summed E-state index contributed by atoms with van der Waals surface area (Å²) in [5.74, 6) is 0.971. The van der Waals surface area contributed by atoms with Gasteiger partial charge in [-0.1, -0.05) is 0 Å². The van der Waals surface area contributed by atoms with E-state index in [9.17, 15) is 18.5 Å². The van der Waals surface area contributed by atoms with Gasteiger partial charge in [-0.2, -0.15) is 5.26 Å². The predicted molar refractivity (Wildman–Crippen MR) is 121 cm³/mol. The zero-order valence-corrected chi connectivity index (χ0v) is 19.8. The van der Waals surface area contributed by atoms with Gasteiger partial charge in [-0.15, -0.1) is 0 Å². The summed E-state index contributed by atoms with van der Waals surface area (Å²) in [5, 5.41) is 12.7. The highest BCUT2D eigenvalue weighted by molar-refractivity contribution is 7.91. The quantitative estimate of drug-likeness (QED) is 0.668. The first-order chi connectivity index (χ1) is 15.3. The maximum atomic E-state index is 12.9. The fourth-order valence-corrected chi connectivity index (χ4v) is 6.84. The molecule has 3 saturated heterocycles. The Kier molecular flexibility index (Phi) is 6.91. The van der Waals surface area contributed by atoms with Gasteiger partial charge in [-0.3, -0.25) is 14.6 Å². The summed E-state index contributed by atoms with van der Waals surface area (Å²) < 4.78 is 31.3. The van der Waals surface area contributed by atoms with E-state index >= 15 is 0 Å². The minimum absolute atomic E-state index is 0.107. The highest BCUT2D eigenvalue weighted by Gasteiger charge is 2.34. The number of amides is 1. The molecule has 0 saturated carbocycles. The van der Waals surface area contributed by atoms with E-state index in [-0.39, 0.29) is 36.1 Å². The van der Waals surface area contributed by atoms with Crippen molar-refractivity contribution in [2.75, 3.05) is 56.2 Å². The number of carbonyl (C=O) groups excluding carboxylic acids is 1. The zero-order chi connectivity index (χ0) is 22.9. The Labute approximate surface area is 190 Å². The van der Waals surface area contributed by atoms with Crippen LogP contribution in [0.3, 0.4) is 0 Å². The number of piperazine rings is 1. The Balaban J connectivity index is 1.36. The molecular formula is C22H33N5O4S. The Morgan fingerprint density at radius 3 is 2.56 bits per heavy atom. The van der Waals surface area contributed by atoms with Crippen LogP contribution in [0.15, 0.2) is 0 Å². The number of aromatic nitrogens is 1. The number of carbonyl (C=O) groups is 1. The normalized spacial score (nSPS) is 26.3. The molecule has 3 aliphatic rings. The summed E-state index contributed by atoms with van der Waals surface area (Å²) in [6.07, 6.45) is 2.84. The van der Waals surface area contributed by atoms with Crippen molar-refractivity contribution in [2.24, 2.45) is 0 Å². The third-order valence-electron chi connectivity index (χ3n) is 7.11. The lowest BCUT2D eigenvalue weighted by Gasteiger charge is -2.37. The van der Waals surface area contributed by atoms with E-state index in [1.807, 2.05) is 18.4 Å². The molecule has 1 N–H and O–H groups in total. The van der Waals surface area contributed by atoms with Crippen molar-refractivity contribution >= 4 is 21.6 Å². The van der Waals surface area contributed by atoms with Crippen LogP contribution < -0.4 is 5.32 Å². The van der Waals surface area contributed by atoms with Crippen LogP contribution >= 0.6 is 0 Å². The van der Waals surface area contributed by atoms with Crippen molar-refractivity contribution in [3.05, 3.63) is 16.8 Å². The molecule has 3 aliphatic heterocycles. The van der Waals surface area contributed by atoms with Gasteiger partial charge in [0, 0.05) is 44.5 Å². The van der Waals surface area contributed by atoms with Crippen LogP contribution in [0, 0.1) is 25.2 Å². The van der Waals surface area contributed by atoms with E-state index in [2.05, 4.69) is 21.2 Å². The molecule has 0 bridgehead atoms. The van der Waals surface area contributed by atoms with Crippen LogP contribution in [0.5, 0.6) is 0 Å². The minimum atomic E-state index is -2.89. The maximum Gasteiger partial charge on any atom is 0.239 e. The fraction of sp³-hybridized carbons (Fsp3) is 0.727. The van der Waals surface area contributed by atoms with Crippen LogP contribution in [-0.4, -0.2) is 91.7 Å². The van der Waals surface area contributed by atoms with E-state index in [1.165, 1.54) is 0 Å². The second-order valence-electron chi connectivity index (χ2n) is 9.21. The first kappa shape index (κ1) is 23.2. The third-order valence-corrected chi connectivity index (χ3v) is 8.86. The van der Waals surface area contributed by atoms with Crippen LogP contribution in [-0.2, 0) is 25.9 Å². The molecule has 0 spiro atoms. The van der Waals surface area contributed by atoms with Gasteiger partial charge in [-0.25, -0.2) is 8.42 Å². The third kappa shape index (κ3) is 5.01. The van der Waals surface area contributed by atoms with Crippen LogP contribution in [0.4, 0.5) is 5.82 Å². The summed E-state index contributed by atoms with van der Waals surface area (Å²) >= 11 is 0. The van der Waals surface area contributed by atoms with Crippen molar-refractivity contribution < 1.29 is 17.9 Å². The highest BCUT2D eigenvalue weighted by Crippen LogP contribution is 2.28. The molecule has 176 valence electrons. The van der Waals surface area contributed by atoms with Gasteiger partial charge in [0.2, 0.25) is 5.91 Å². The van der Waals surface area contributed by atoms with E-state index in [0.29, 0.717) is 24.3 Å². The second-order valence-corrected chi connectivity index (χ2v) is 11.4. The first-order valence-corrected chi connectivity index (χ1v) is 13.3. The summed E-state index contributed by atoms with van der Waals surface area (Å²) in [6, 6.07) is 2.37. The average molecular weight is 464 g/mol. The molecule has 1 aromatic rings. The molecule has 1 amide bonds. The molecule has 4 rings (SSSR count). The molecule has 10 heteroatoms. The van der Waals surface area contributed by atoms with Crippen molar-refractivity contribution in [2.45, 2.75) is 51.8 Å². The molecule has 3 fully saturated rings. The number of hydrogen-bond donors (Lipinski definition) is 1. The van der Waals surface area contributed by atoms with Crippen LogP contribution in [0.25, 0.3) is 0 Å². The molecule has 0 radical (unpaired) electrons. The van der Waals surface area contributed by atoms with Gasteiger partial charge in [0.25, 0.3) is 0 Å². The monoisotopic (exact) mass is 463 g/mol. The molecular weight excluding hydrogens is 430 g/mol. The molecule has 2 atom stereocenters.